The molecule has 0 saturated carbocycles. The lowest BCUT2D eigenvalue weighted by Crippen LogP contribution is -2.34. The summed E-state index contributed by atoms with van der Waals surface area (Å²) in [4.78, 5) is 24.2. The van der Waals surface area contributed by atoms with Crippen LogP contribution in [-0.2, 0) is 6.61 Å². The minimum atomic E-state index is -0.738. The zero-order chi connectivity index (χ0) is 21.8. The molecular formula is C22H16F2N4O3. The second-order valence-electron chi connectivity index (χ2n) is 6.54. The maximum absolute atomic E-state index is 13.7. The normalized spacial score (nSPS) is 10.6. The summed E-state index contributed by atoms with van der Waals surface area (Å²) in [5.74, 6) is -1.36. The second kappa shape index (κ2) is 8.62. The monoisotopic (exact) mass is 422 g/mol. The topological polar surface area (TPSA) is 96.1 Å². The third-order valence-electron chi connectivity index (χ3n) is 4.47. The van der Waals surface area contributed by atoms with Gasteiger partial charge in [-0.1, -0.05) is 24.3 Å². The van der Waals surface area contributed by atoms with Crippen molar-refractivity contribution in [3.8, 4) is 5.75 Å². The molecule has 0 aliphatic carbocycles. The number of H-pyrrole nitrogens is 1. The van der Waals surface area contributed by atoms with Gasteiger partial charge in [-0.15, -0.1) is 0 Å². The van der Waals surface area contributed by atoms with Crippen molar-refractivity contribution >= 4 is 28.7 Å². The molecule has 0 unspecified atom stereocenters. The molecule has 7 nitrogen and oxygen atoms in total. The van der Waals surface area contributed by atoms with Crippen molar-refractivity contribution in [2.24, 2.45) is 0 Å². The molecule has 4 aromatic rings. The van der Waals surface area contributed by atoms with E-state index in [1.54, 1.807) is 48.5 Å². The summed E-state index contributed by atoms with van der Waals surface area (Å²) in [7, 11) is 0. The predicted octanol–water partition coefficient (Wildman–Crippen LogP) is 4.38. The third kappa shape index (κ3) is 4.50. The molecule has 0 spiro atoms. The fraction of sp³-hybridized carbons (Fsp3) is 0.0455. The van der Waals surface area contributed by atoms with E-state index in [0.29, 0.717) is 22.2 Å². The van der Waals surface area contributed by atoms with Crippen molar-refractivity contribution in [2.45, 2.75) is 6.61 Å². The number of imide groups is 1. The minimum Gasteiger partial charge on any atom is -0.489 e. The van der Waals surface area contributed by atoms with Gasteiger partial charge in [0, 0.05) is 17.0 Å². The summed E-state index contributed by atoms with van der Waals surface area (Å²) in [5, 5.41) is 12.0. The zero-order valence-electron chi connectivity index (χ0n) is 16.0. The lowest BCUT2D eigenvalue weighted by atomic mass is 10.2. The van der Waals surface area contributed by atoms with Crippen LogP contribution in [0.2, 0.25) is 0 Å². The number of urea groups is 1. The third-order valence-corrected chi connectivity index (χ3v) is 4.47. The molecule has 1 aromatic heterocycles. The number of nitrogens with one attached hydrogen (secondary N) is 3. The van der Waals surface area contributed by atoms with Crippen LogP contribution in [-0.4, -0.2) is 22.1 Å². The van der Waals surface area contributed by atoms with Gasteiger partial charge in [0.2, 0.25) is 0 Å². The van der Waals surface area contributed by atoms with Crippen molar-refractivity contribution in [3.63, 3.8) is 0 Å². The Labute approximate surface area is 175 Å². The Morgan fingerprint density at radius 3 is 2.45 bits per heavy atom. The molecular weight excluding hydrogens is 406 g/mol. The van der Waals surface area contributed by atoms with Gasteiger partial charge in [-0.2, -0.15) is 5.10 Å². The van der Waals surface area contributed by atoms with Crippen LogP contribution in [0.3, 0.4) is 0 Å². The van der Waals surface area contributed by atoms with Gasteiger partial charge in [0.05, 0.1) is 11.1 Å². The number of hydrogen-bond acceptors (Lipinski definition) is 4. The van der Waals surface area contributed by atoms with Crippen LogP contribution in [0.4, 0.5) is 19.4 Å². The van der Waals surface area contributed by atoms with Gasteiger partial charge in [-0.3, -0.25) is 20.5 Å². The summed E-state index contributed by atoms with van der Waals surface area (Å²) in [6.07, 6.45) is 0. The summed E-state index contributed by atoms with van der Waals surface area (Å²) < 4.78 is 32.9. The highest BCUT2D eigenvalue weighted by molar-refractivity contribution is 6.09. The van der Waals surface area contributed by atoms with Gasteiger partial charge in [-0.25, -0.2) is 13.6 Å². The van der Waals surface area contributed by atoms with Crippen molar-refractivity contribution in [3.05, 3.63) is 89.5 Å². The van der Waals surface area contributed by atoms with Crippen molar-refractivity contribution in [2.75, 3.05) is 5.32 Å². The molecule has 0 bridgehead atoms. The molecule has 1 heterocycles. The first-order chi connectivity index (χ1) is 15.0. The summed E-state index contributed by atoms with van der Waals surface area (Å²) in [5.41, 5.74) is 0.697. The van der Waals surface area contributed by atoms with Crippen LogP contribution in [0.25, 0.3) is 10.9 Å². The smallest absolute Gasteiger partial charge is 0.327 e. The number of halogens is 2. The van der Waals surface area contributed by atoms with Gasteiger partial charge in [-0.05, 0) is 36.4 Å². The molecule has 0 atom stereocenters. The van der Waals surface area contributed by atoms with Crippen molar-refractivity contribution in [1.29, 1.82) is 0 Å². The van der Waals surface area contributed by atoms with Gasteiger partial charge in [0.15, 0.2) is 5.82 Å². The Bertz CT molecular complexity index is 1240. The maximum atomic E-state index is 13.7. The fourth-order valence-electron chi connectivity index (χ4n) is 2.91. The Balaban J connectivity index is 1.42. The minimum absolute atomic E-state index is 0.172. The highest BCUT2D eigenvalue weighted by Crippen LogP contribution is 2.26. The Morgan fingerprint density at radius 1 is 0.968 bits per heavy atom. The highest BCUT2D eigenvalue weighted by atomic mass is 19.1. The molecule has 9 heteroatoms. The number of fused-ring (bicyclic) bond motifs is 1. The molecule has 156 valence electrons. The number of carbonyl (C=O) groups is 2. The number of nitrogens with zero attached hydrogens (tertiary/aromatic N) is 1. The van der Waals surface area contributed by atoms with Crippen LogP contribution in [0.1, 0.15) is 15.9 Å². The predicted molar refractivity (Wildman–Crippen MR) is 110 cm³/mol. The lowest BCUT2D eigenvalue weighted by molar-refractivity contribution is 0.0967. The second-order valence-corrected chi connectivity index (χ2v) is 6.54. The van der Waals surface area contributed by atoms with E-state index in [4.69, 9.17) is 4.74 Å². The summed E-state index contributed by atoms with van der Waals surface area (Å²) in [6, 6.07) is 16.0. The number of aromatic nitrogens is 2. The van der Waals surface area contributed by atoms with Gasteiger partial charge in [0.25, 0.3) is 5.91 Å². The standard InChI is InChI=1S/C22H16F2N4O3/c23-17-7-4-8-18(24)16(17)12-31-14-9-10-15-19(11-14)27-28-20(15)25-22(30)26-21(29)13-5-2-1-3-6-13/h1-11H,12H2,(H3,25,26,27,28,29,30). The van der Waals surface area contributed by atoms with E-state index in [1.165, 1.54) is 6.07 Å². The first-order valence-electron chi connectivity index (χ1n) is 9.22. The van der Waals surface area contributed by atoms with Crippen LogP contribution in [0, 0.1) is 11.6 Å². The van der Waals surface area contributed by atoms with Crippen LogP contribution in [0.15, 0.2) is 66.7 Å². The quantitative estimate of drug-likeness (QED) is 0.445. The number of hydrogen-bond donors (Lipinski definition) is 3. The van der Waals surface area contributed by atoms with Gasteiger partial charge in [0.1, 0.15) is 24.0 Å². The maximum Gasteiger partial charge on any atom is 0.327 e. The molecule has 0 aliphatic rings. The fourth-order valence-corrected chi connectivity index (χ4v) is 2.91. The van der Waals surface area contributed by atoms with Gasteiger partial charge >= 0.3 is 6.03 Å². The molecule has 3 amide bonds. The summed E-state index contributed by atoms with van der Waals surface area (Å²) in [6.45, 7) is -0.284. The largest absolute Gasteiger partial charge is 0.489 e. The first kappa shape index (κ1) is 20.0. The van der Waals surface area contributed by atoms with E-state index >= 15 is 0 Å². The first-order valence-corrected chi connectivity index (χ1v) is 9.22. The number of benzene rings is 3. The van der Waals surface area contributed by atoms with Crippen LogP contribution in [0.5, 0.6) is 5.75 Å². The van der Waals surface area contributed by atoms with E-state index in [1.807, 2.05) is 0 Å². The van der Waals surface area contributed by atoms with Crippen LogP contribution >= 0.6 is 0 Å². The Kier molecular flexibility index (Phi) is 5.57. The molecule has 3 aromatic carbocycles. The van der Waals surface area contributed by atoms with Crippen molar-refractivity contribution in [1.82, 2.24) is 15.5 Å². The molecule has 0 radical (unpaired) electrons. The lowest BCUT2D eigenvalue weighted by Gasteiger charge is -2.08. The zero-order valence-corrected chi connectivity index (χ0v) is 16.0. The molecule has 0 saturated heterocycles. The average Bonchev–Trinajstić information content (AvgIpc) is 3.15. The Hall–Kier alpha value is -4.27. The number of rotatable bonds is 5. The number of anilines is 1. The van der Waals surface area contributed by atoms with E-state index < -0.39 is 23.6 Å². The summed E-state index contributed by atoms with van der Waals surface area (Å²) >= 11 is 0. The van der Waals surface area contributed by atoms with Crippen molar-refractivity contribution < 1.29 is 23.1 Å². The SMILES string of the molecule is O=C(NC(=O)c1ccccc1)Nc1n[nH]c2cc(OCc3c(F)cccc3F)ccc12. The van der Waals surface area contributed by atoms with Crippen LogP contribution < -0.4 is 15.4 Å². The number of ether oxygens (including phenoxy) is 1. The molecule has 0 fully saturated rings. The van der Waals surface area contributed by atoms with Gasteiger partial charge < -0.3 is 4.74 Å². The molecule has 4 rings (SSSR count). The Morgan fingerprint density at radius 2 is 1.71 bits per heavy atom. The number of amides is 3. The number of carbonyl (C=O) groups excluding carboxylic acids is 2. The number of aromatic amines is 1. The van der Waals surface area contributed by atoms with E-state index in [0.717, 1.165) is 12.1 Å². The van der Waals surface area contributed by atoms with E-state index in [9.17, 15) is 18.4 Å². The molecule has 0 aliphatic heterocycles. The van der Waals surface area contributed by atoms with E-state index in [2.05, 4.69) is 20.8 Å². The van der Waals surface area contributed by atoms with E-state index in [-0.39, 0.29) is 18.0 Å². The average molecular weight is 422 g/mol. The molecule has 3 N–H and O–H groups in total. The molecule has 31 heavy (non-hydrogen) atoms. The highest BCUT2D eigenvalue weighted by Gasteiger charge is 2.14.